The third kappa shape index (κ3) is 5.31. The highest BCUT2D eigenvalue weighted by Crippen LogP contribution is 2.67. The molecule has 2 unspecified atom stereocenters. The van der Waals surface area contributed by atoms with Crippen LogP contribution < -0.4 is 4.90 Å². The Balaban J connectivity index is 0.874. The molecule has 1 nitrogen and oxygen atoms in total. The number of fused-ring (bicyclic) bond motifs is 21. The Morgan fingerprint density at radius 3 is 1.63 bits per heavy atom. The molecular weight excluding hydrogens is 879 g/mol. The van der Waals surface area contributed by atoms with E-state index in [0.717, 1.165) is 17.8 Å². The van der Waals surface area contributed by atoms with Crippen molar-refractivity contribution in [2.45, 2.75) is 17.3 Å². The van der Waals surface area contributed by atoms with Gasteiger partial charge in [0, 0.05) is 22.9 Å². The highest BCUT2D eigenvalue weighted by molar-refractivity contribution is 6.06. The smallest absolute Gasteiger partial charge is 0.0726 e. The summed E-state index contributed by atoms with van der Waals surface area (Å²) in [7, 11) is 0. The number of para-hydroxylation sites is 1. The first-order chi connectivity index (χ1) is 36.2. The van der Waals surface area contributed by atoms with Crippen LogP contribution in [0.2, 0.25) is 0 Å². The molecule has 11 aromatic carbocycles. The van der Waals surface area contributed by atoms with Crippen LogP contribution in [0.5, 0.6) is 0 Å². The van der Waals surface area contributed by atoms with E-state index in [4.69, 9.17) is 0 Å². The molecule has 73 heavy (non-hydrogen) atoms. The van der Waals surface area contributed by atoms with E-state index >= 15 is 0 Å². The predicted octanol–water partition coefficient (Wildman–Crippen LogP) is 18.3. The first-order valence-corrected chi connectivity index (χ1v) is 25.9. The molecule has 0 N–H and O–H groups in total. The van der Waals surface area contributed by atoms with Crippen LogP contribution in [-0.2, 0) is 10.8 Å². The second-order valence-electron chi connectivity index (χ2n) is 20.5. The number of hydrogen-bond acceptors (Lipinski definition) is 1. The Morgan fingerprint density at radius 2 is 0.890 bits per heavy atom. The van der Waals surface area contributed by atoms with Crippen LogP contribution in [0.3, 0.4) is 0 Å². The van der Waals surface area contributed by atoms with Crippen LogP contribution >= 0.6 is 0 Å². The van der Waals surface area contributed by atoms with Gasteiger partial charge in [-0.15, -0.1) is 0 Å². The minimum atomic E-state index is -0.429. The molecule has 2 atom stereocenters. The van der Waals surface area contributed by atoms with Crippen molar-refractivity contribution in [2.24, 2.45) is 5.92 Å². The molecule has 0 bridgehead atoms. The van der Waals surface area contributed by atoms with E-state index in [9.17, 15) is 0 Å². The lowest BCUT2D eigenvalue weighted by Gasteiger charge is -2.36. The highest BCUT2D eigenvalue weighted by atomic mass is 15.1. The van der Waals surface area contributed by atoms with Crippen molar-refractivity contribution >= 4 is 33.4 Å². The summed E-state index contributed by atoms with van der Waals surface area (Å²) >= 11 is 0. The second kappa shape index (κ2) is 15.2. The molecule has 0 fully saturated rings. The summed E-state index contributed by atoms with van der Waals surface area (Å²) in [5.41, 5.74) is 28.0. The Hall–Kier alpha value is -9.04. The predicted molar refractivity (Wildman–Crippen MR) is 303 cm³/mol. The van der Waals surface area contributed by atoms with E-state index in [2.05, 4.69) is 272 Å². The Bertz CT molecular complexity index is 4140. The third-order valence-corrected chi connectivity index (χ3v) is 17.3. The van der Waals surface area contributed by atoms with Crippen molar-refractivity contribution in [3.8, 4) is 55.6 Å². The molecule has 0 saturated carbocycles. The molecule has 0 heterocycles. The van der Waals surface area contributed by atoms with Gasteiger partial charge in [-0.25, -0.2) is 0 Å². The monoisotopic (exact) mass is 925 g/mol. The number of allylic oxidation sites excluding steroid dienone is 4. The van der Waals surface area contributed by atoms with Gasteiger partial charge in [0.05, 0.1) is 16.5 Å². The van der Waals surface area contributed by atoms with Gasteiger partial charge in [-0.2, -0.15) is 0 Å². The van der Waals surface area contributed by atoms with Crippen LogP contribution in [0.15, 0.2) is 267 Å². The van der Waals surface area contributed by atoms with Gasteiger partial charge in [0.1, 0.15) is 0 Å². The summed E-state index contributed by atoms with van der Waals surface area (Å²) < 4.78 is 0. The molecule has 11 aromatic rings. The fourth-order valence-electron chi connectivity index (χ4n) is 14.6. The van der Waals surface area contributed by atoms with Gasteiger partial charge in [-0.3, -0.25) is 0 Å². The zero-order valence-electron chi connectivity index (χ0n) is 40.1. The number of rotatable bonds is 5. The first kappa shape index (κ1) is 40.7. The third-order valence-electron chi connectivity index (χ3n) is 17.3. The van der Waals surface area contributed by atoms with E-state index in [0.29, 0.717) is 5.92 Å². The molecule has 5 aliphatic rings. The van der Waals surface area contributed by atoms with Crippen LogP contribution in [0.25, 0.3) is 72.0 Å². The fraction of sp³-hybridized carbons (Fsp3) is 0.0556. The lowest BCUT2D eigenvalue weighted by atomic mass is 9.65. The van der Waals surface area contributed by atoms with Gasteiger partial charge in [0.15, 0.2) is 0 Å². The molecule has 0 saturated heterocycles. The van der Waals surface area contributed by atoms with Crippen molar-refractivity contribution in [1.29, 1.82) is 0 Å². The minimum Gasteiger partial charge on any atom is -0.310 e. The first-order valence-electron chi connectivity index (χ1n) is 25.9. The van der Waals surface area contributed by atoms with Crippen molar-refractivity contribution in [3.63, 3.8) is 0 Å². The highest BCUT2D eigenvalue weighted by Gasteiger charge is 2.56. The maximum Gasteiger partial charge on any atom is 0.0726 e. The average Bonchev–Trinajstić information content (AvgIpc) is 4.25. The van der Waals surface area contributed by atoms with E-state index in [1.54, 1.807) is 0 Å². The van der Waals surface area contributed by atoms with E-state index in [1.165, 1.54) is 122 Å². The summed E-state index contributed by atoms with van der Waals surface area (Å²) in [6, 6.07) is 94.0. The number of anilines is 3. The van der Waals surface area contributed by atoms with Crippen LogP contribution in [0, 0.1) is 5.92 Å². The molecule has 0 aliphatic heterocycles. The molecule has 0 aromatic heterocycles. The van der Waals surface area contributed by atoms with Crippen molar-refractivity contribution in [3.05, 3.63) is 311 Å². The zero-order chi connectivity index (χ0) is 47.8. The Labute approximate surface area is 426 Å². The summed E-state index contributed by atoms with van der Waals surface area (Å²) in [6.07, 6.45) is 8.03. The molecule has 340 valence electrons. The van der Waals surface area contributed by atoms with Gasteiger partial charge in [0.25, 0.3) is 0 Å². The molecule has 16 rings (SSSR count). The standard InChI is InChI=1S/C72H47N/c1-2-20-49(21-3-1)73(68-36-18-35-66-70(68)59-28-11-17-34-65(59)71(66)60-29-12-6-23-53(60)54-24-7-13-30-61(54)71)50-41-37-47(38-42-50)52-43-39-46-19-4-5-22-51(46)69(52)48-40-44-58-57-27-10-16-33-64(57)72(67(58)45-48)62-31-14-8-25-55(62)56-26-9-15-32-63(56)72/h1-31,33-45,63H,32H2. The summed E-state index contributed by atoms with van der Waals surface area (Å²) in [5.74, 6) is 0.314. The SMILES string of the molecule is C1=CCC2C(=C1)c1ccccc1C21c2ccccc2-c2ccc(-c3c(-c4ccc(N(c5ccccc5)c5cccc6c5-c5ccccc5C65c6ccccc6-c6ccccc65)cc4)ccc4ccccc34)cc21. The number of nitrogens with zero attached hydrogens (tertiary/aromatic N) is 1. The van der Waals surface area contributed by atoms with Crippen molar-refractivity contribution in [2.75, 3.05) is 4.90 Å². The molecule has 0 radical (unpaired) electrons. The largest absolute Gasteiger partial charge is 0.310 e. The average molecular weight is 926 g/mol. The quantitative estimate of drug-likeness (QED) is 0.166. The van der Waals surface area contributed by atoms with E-state index in [1.807, 2.05) is 0 Å². The maximum absolute atomic E-state index is 2.58. The van der Waals surface area contributed by atoms with Gasteiger partial charge in [-0.05, 0) is 154 Å². The Kier molecular flexibility index (Phi) is 8.49. The van der Waals surface area contributed by atoms with Crippen LogP contribution in [-0.4, -0.2) is 0 Å². The summed E-state index contributed by atoms with van der Waals surface area (Å²) in [5, 5.41) is 2.50. The number of benzene rings is 11. The van der Waals surface area contributed by atoms with Gasteiger partial charge < -0.3 is 4.90 Å². The topological polar surface area (TPSA) is 3.24 Å². The normalized spacial score (nSPS) is 17.3. The fourth-order valence-corrected chi connectivity index (χ4v) is 14.6. The van der Waals surface area contributed by atoms with E-state index in [-0.39, 0.29) is 5.41 Å². The van der Waals surface area contributed by atoms with Gasteiger partial charge in [0.2, 0.25) is 0 Å². The summed E-state index contributed by atoms with van der Waals surface area (Å²) in [4.78, 5) is 2.48. The van der Waals surface area contributed by atoms with Crippen molar-refractivity contribution < 1.29 is 0 Å². The molecular formula is C72H47N. The van der Waals surface area contributed by atoms with Crippen molar-refractivity contribution in [1.82, 2.24) is 0 Å². The molecule has 2 spiro atoms. The molecule has 1 heteroatoms. The molecule has 0 amide bonds. The Morgan fingerprint density at radius 1 is 0.356 bits per heavy atom. The van der Waals surface area contributed by atoms with Gasteiger partial charge in [-0.1, -0.05) is 231 Å². The van der Waals surface area contributed by atoms with Gasteiger partial charge >= 0.3 is 0 Å². The minimum absolute atomic E-state index is 0.287. The lowest BCUT2D eigenvalue weighted by molar-refractivity contribution is 0.495. The lowest BCUT2D eigenvalue weighted by Crippen LogP contribution is -2.32. The summed E-state index contributed by atoms with van der Waals surface area (Å²) in [6.45, 7) is 0. The second-order valence-corrected chi connectivity index (χ2v) is 20.5. The van der Waals surface area contributed by atoms with Crippen LogP contribution in [0.1, 0.15) is 50.9 Å². The van der Waals surface area contributed by atoms with E-state index < -0.39 is 5.41 Å². The molecule has 5 aliphatic carbocycles. The zero-order valence-corrected chi connectivity index (χ0v) is 40.1. The number of hydrogen-bond donors (Lipinski definition) is 0. The van der Waals surface area contributed by atoms with Crippen LogP contribution in [0.4, 0.5) is 17.1 Å². The maximum atomic E-state index is 2.58.